The molecule has 9 heteroatoms. The van der Waals surface area contributed by atoms with Crippen molar-refractivity contribution >= 4 is 23.5 Å². The van der Waals surface area contributed by atoms with Crippen LogP contribution in [-0.2, 0) is 28.6 Å². The second-order valence-electron chi connectivity index (χ2n) is 10.8. The molecule has 0 bridgehead atoms. The van der Waals surface area contributed by atoms with Gasteiger partial charge in [-0.25, -0.2) is 4.79 Å². The molecule has 0 spiro atoms. The van der Waals surface area contributed by atoms with Crippen LogP contribution in [0, 0.1) is 11.3 Å². The molecule has 2 N–H and O–H groups in total. The molecule has 204 valence electrons. The fourth-order valence-corrected chi connectivity index (χ4v) is 6.27. The van der Waals surface area contributed by atoms with Crippen molar-refractivity contribution in [3.8, 4) is 0 Å². The Labute approximate surface area is 221 Å². The van der Waals surface area contributed by atoms with E-state index in [2.05, 4.69) is 0 Å². The number of allylic oxidation sites excluding steroid dienone is 2. The number of ether oxygens (including phenoxy) is 3. The molecule has 38 heavy (non-hydrogen) atoms. The van der Waals surface area contributed by atoms with Crippen LogP contribution >= 0.6 is 0 Å². The minimum atomic E-state index is -1.84. The maximum absolute atomic E-state index is 14.2. The average molecular weight is 527 g/mol. The zero-order valence-electron chi connectivity index (χ0n) is 22.2. The number of rotatable bonds is 3. The molecule has 1 aromatic rings. The number of carbonyl (C=O) groups excluding carboxylic acids is 4. The fraction of sp³-hybridized carbons (Fsp3) is 0.517. The zero-order chi connectivity index (χ0) is 28.0. The van der Waals surface area contributed by atoms with Gasteiger partial charge in [-0.15, -0.1) is 0 Å². The fourth-order valence-electron chi connectivity index (χ4n) is 6.27. The molecule has 0 radical (unpaired) electrons. The molecule has 7 atom stereocenters. The highest BCUT2D eigenvalue weighted by Gasteiger charge is 2.73. The third-order valence-corrected chi connectivity index (χ3v) is 8.18. The molecule has 1 aromatic carbocycles. The summed E-state index contributed by atoms with van der Waals surface area (Å²) in [5.74, 6) is -4.10. The van der Waals surface area contributed by atoms with Crippen LogP contribution in [0.5, 0.6) is 0 Å². The number of aliphatic hydroxyl groups is 2. The van der Waals surface area contributed by atoms with Crippen LogP contribution in [0.3, 0.4) is 0 Å². The first kappa shape index (κ1) is 27.9. The predicted octanol–water partition coefficient (Wildman–Crippen LogP) is 2.49. The number of hydrogen-bond donors (Lipinski definition) is 2. The smallest absolute Gasteiger partial charge is 0.338 e. The van der Waals surface area contributed by atoms with Crippen LogP contribution in [0.1, 0.15) is 57.8 Å². The lowest BCUT2D eigenvalue weighted by Gasteiger charge is -2.62. The first-order chi connectivity index (χ1) is 17.8. The molecule has 1 unspecified atom stereocenters. The number of Topliss-reactive ketones (excluding diaryl/α,β-unsaturated/α-hetero) is 2. The van der Waals surface area contributed by atoms with Crippen LogP contribution in [0.2, 0.25) is 0 Å². The van der Waals surface area contributed by atoms with Gasteiger partial charge in [-0.1, -0.05) is 29.8 Å². The maximum atomic E-state index is 14.2. The van der Waals surface area contributed by atoms with E-state index in [1.807, 2.05) is 0 Å². The van der Waals surface area contributed by atoms with Gasteiger partial charge < -0.3 is 24.4 Å². The molecule has 3 aliphatic rings. The Bertz CT molecular complexity index is 1210. The molecule has 2 aliphatic carbocycles. The SMILES string of the molecule is CC(=O)O[C@@]12CO[C@@H]1C[C@H](O)[C@@]1(C)C(=O)C(O)C(=C(C)C)/C(C)=C\CC(=O)[C@@H](OC(=O)c3ccccc3)[C@H]21. The lowest BCUT2D eigenvalue weighted by atomic mass is 9.51. The van der Waals surface area contributed by atoms with Crippen molar-refractivity contribution in [2.75, 3.05) is 6.61 Å². The average Bonchev–Trinajstić information content (AvgIpc) is 2.86. The highest BCUT2D eigenvalue weighted by atomic mass is 16.6. The quantitative estimate of drug-likeness (QED) is 0.569. The molecule has 4 rings (SSSR count). The first-order valence-electron chi connectivity index (χ1n) is 12.7. The van der Waals surface area contributed by atoms with Gasteiger partial charge in [-0.2, -0.15) is 0 Å². The maximum Gasteiger partial charge on any atom is 0.338 e. The van der Waals surface area contributed by atoms with Crippen LogP contribution in [-0.4, -0.2) is 70.3 Å². The van der Waals surface area contributed by atoms with Gasteiger partial charge in [0.05, 0.1) is 29.6 Å². The zero-order valence-corrected chi connectivity index (χ0v) is 22.2. The van der Waals surface area contributed by atoms with Crippen LogP contribution in [0.25, 0.3) is 0 Å². The first-order valence-corrected chi connectivity index (χ1v) is 12.7. The molecular weight excluding hydrogens is 492 g/mol. The normalized spacial score (nSPS) is 36.6. The van der Waals surface area contributed by atoms with Gasteiger partial charge in [-0.05, 0) is 51.0 Å². The van der Waals surface area contributed by atoms with Crippen molar-refractivity contribution in [2.45, 2.75) is 77.5 Å². The second kappa shape index (κ2) is 10.2. The molecule has 1 heterocycles. The van der Waals surface area contributed by atoms with Gasteiger partial charge in [0.15, 0.2) is 23.3 Å². The second-order valence-corrected chi connectivity index (χ2v) is 10.8. The number of carbonyl (C=O) groups is 4. The lowest BCUT2D eigenvalue weighted by Crippen LogP contribution is -2.78. The van der Waals surface area contributed by atoms with Gasteiger partial charge >= 0.3 is 11.9 Å². The Balaban J connectivity index is 1.95. The van der Waals surface area contributed by atoms with Crippen molar-refractivity contribution in [3.63, 3.8) is 0 Å². The monoisotopic (exact) mass is 526 g/mol. The molecule has 0 amide bonds. The Morgan fingerprint density at radius 3 is 2.29 bits per heavy atom. The van der Waals surface area contributed by atoms with E-state index in [-0.39, 0.29) is 25.0 Å². The summed E-state index contributed by atoms with van der Waals surface area (Å²) in [4.78, 5) is 53.6. The summed E-state index contributed by atoms with van der Waals surface area (Å²) in [6, 6.07) is 8.06. The largest absolute Gasteiger partial charge is 0.453 e. The Morgan fingerprint density at radius 2 is 1.74 bits per heavy atom. The van der Waals surface area contributed by atoms with Crippen molar-refractivity contribution in [3.05, 3.63) is 58.7 Å². The third kappa shape index (κ3) is 4.42. The Morgan fingerprint density at radius 1 is 1.08 bits per heavy atom. The van der Waals surface area contributed by atoms with Gasteiger partial charge in [0, 0.05) is 19.8 Å². The van der Waals surface area contributed by atoms with Crippen LogP contribution in [0.15, 0.2) is 53.1 Å². The summed E-state index contributed by atoms with van der Waals surface area (Å²) in [6.45, 7) is 7.65. The number of esters is 2. The summed E-state index contributed by atoms with van der Waals surface area (Å²) < 4.78 is 17.3. The topological polar surface area (TPSA) is 136 Å². The van der Waals surface area contributed by atoms with Crippen LogP contribution < -0.4 is 0 Å². The standard InChI is InChI=1S/C29H34O9/c1-15(2)22-16(3)11-12-19(31)24(37-27(35)18-9-7-6-8-10-18)25-28(5,26(34)23(22)33)20(32)13-21-29(25,14-36-21)38-17(4)30/h6-11,20-21,23-25,32-33H,12-14H2,1-5H3/b16-11-/t20-,21+,23?,24+,25-,28+,29-/m0/s1. The summed E-state index contributed by atoms with van der Waals surface area (Å²) >= 11 is 0. The van der Waals surface area contributed by atoms with Crippen molar-refractivity contribution in [2.24, 2.45) is 11.3 Å². The molecule has 1 saturated carbocycles. The van der Waals surface area contributed by atoms with E-state index in [0.717, 1.165) is 0 Å². The van der Waals surface area contributed by atoms with Crippen molar-refractivity contribution in [1.29, 1.82) is 0 Å². The van der Waals surface area contributed by atoms with E-state index < -0.39 is 64.9 Å². The molecule has 1 saturated heterocycles. The van der Waals surface area contributed by atoms with Gasteiger partial charge in [0.1, 0.15) is 12.2 Å². The predicted molar refractivity (Wildman–Crippen MR) is 135 cm³/mol. The van der Waals surface area contributed by atoms with Gasteiger partial charge in [0.25, 0.3) is 0 Å². The third-order valence-electron chi connectivity index (χ3n) is 8.18. The van der Waals surface area contributed by atoms with E-state index in [1.165, 1.54) is 26.0 Å². The summed E-state index contributed by atoms with van der Waals surface area (Å²) in [7, 11) is 0. The number of hydrogen-bond acceptors (Lipinski definition) is 9. The molecule has 0 aromatic heterocycles. The van der Waals surface area contributed by atoms with E-state index in [1.54, 1.807) is 45.0 Å². The van der Waals surface area contributed by atoms with Gasteiger partial charge in [-0.3, -0.25) is 14.4 Å². The number of ketones is 2. The Hall–Kier alpha value is -3.14. The van der Waals surface area contributed by atoms with Crippen LogP contribution in [0.4, 0.5) is 0 Å². The van der Waals surface area contributed by atoms with E-state index in [4.69, 9.17) is 14.2 Å². The van der Waals surface area contributed by atoms with Gasteiger partial charge in [0.2, 0.25) is 0 Å². The Kier molecular flexibility index (Phi) is 7.49. The number of fused-ring (bicyclic) bond motifs is 3. The van der Waals surface area contributed by atoms with Crippen molar-refractivity contribution < 1.29 is 43.6 Å². The summed E-state index contributed by atoms with van der Waals surface area (Å²) in [5, 5.41) is 22.8. The van der Waals surface area contributed by atoms with E-state index in [9.17, 15) is 29.4 Å². The highest BCUT2D eigenvalue weighted by Crippen LogP contribution is 2.57. The minimum Gasteiger partial charge on any atom is -0.453 e. The highest BCUT2D eigenvalue weighted by molar-refractivity contribution is 5.97. The minimum absolute atomic E-state index is 0.0781. The van der Waals surface area contributed by atoms with E-state index >= 15 is 0 Å². The molecule has 1 aliphatic heterocycles. The molecule has 2 fully saturated rings. The molecule has 9 nitrogen and oxygen atoms in total. The number of benzene rings is 1. The summed E-state index contributed by atoms with van der Waals surface area (Å²) in [5.41, 5.74) is -1.64. The summed E-state index contributed by atoms with van der Waals surface area (Å²) in [6.07, 6.45) is -4.12. The molecular formula is C29H34O9. The lowest BCUT2D eigenvalue weighted by molar-refractivity contribution is -0.327. The van der Waals surface area contributed by atoms with E-state index in [0.29, 0.717) is 16.7 Å². The number of aliphatic hydroxyl groups excluding tert-OH is 2. The van der Waals surface area contributed by atoms with Crippen molar-refractivity contribution in [1.82, 2.24) is 0 Å².